The lowest BCUT2D eigenvalue weighted by molar-refractivity contribution is -0.134. The van der Waals surface area contributed by atoms with Crippen LogP contribution in [0.1, 0.15) is 148 Å². The van der Waals surface area contributed by atoms with Gasteiger partial charge in [0.15, 0.2) is 17.3 Å². The van der Waals surface area contributed by atoms with E-state index < -0.39 is 16.2 Å². The predicted octanol–water partition coefficient (Wildman–Crippen LogP) is 9.29. The van der Waals surface area contributed by atoms with E-state index in [0.717, 1.165) is 45.4 Å². The summed E-state index contributed by atoms with van der Waals surface area (Å²) in [5, 5.41) is 0. The van der Waals surface area contributed by atoms with Crippen LogP contribution in [0.15, 0.2) is 28.4 Å². The molecule has 0 aromatic heterocycles. The van der Waals surface area contributed by atoms with Crippen molar-refractivity contribution in [2.24, 2.45) is 33.5 Å². The summed E-state index contributed by atoms with van der Waals surface area (Å²) in [6, 6.07) is 2.29. The second-order valence-corrected chi connectivity index (χ2v) is 17.2. The van der Waals surface area contributed by atoms with E-state index in [-0.39, 0.29) is 46.3 Å². The number of Topliss-reactive ketones (excluding diaryl/α,β-unsaturated/α-hetero) is 4. The molecule has 4 nitrogen and oxygen atoms in total. The Morgan fingerprint density at radius 1 is 0.955 bits per heavy atom. The molecule has 4 atom stereocenters. The molecule has 0 N–H and O–H groups in total. The molecule has 0 heterocycles. The number of fused-ring (bicyclic) bond motifs is 3. The van der Waals surface area contributed by atoms with Crippen molar-refractivity contribution in [1.82, 2.24) is 0 Å². The highest BCUT2D eigenvalue weighted by atomic mass is 16.2. The molecule has 0 saturated carbocycles. The Morgan fingerprint density at radius 3 is 2.05 bits per heavy atom. The van der Waals surface area contributed by atoms with Gasteiger partial charge in [0.1, 0.15) is 5.78 Å². The molecule has 0 amide bonds. The third kappa shape index (κ3) is 5.22. The molecule has 0 aliphatic heterocycles. The van der Waals surface area contributed by atoms with E-state index in [1.54, 1.807) is 0 Å². The smallest absolute Gasteiger partial charge is 0.190 e. The maximum atomic E-state index is 14.9. The van der Waals surface area contributed by atoms with Crippen LogP contribution in [0.25, 0.3) is 0 Å². The summed E-state index contributed by atoms with van der Waals surface area (Å²) in [6.45, 7) is 28.8. The quantitative estimate of drug-likeness (QED) is 0.293. The van der Waals surface area contributed by atoms with E-state index >= 15 is 0 Å². The fourth-order valence-electron chi connectivity index (χ4n) is 9.40. The Hall–Kier alpha value is -2.62. The Morgan fingerprint density at radius 2 is 1.55 bits per heavy atom. The van der Waals surface area contributed by atoms with Crippen LogP contribution in [-0.2, 0) is 27.2 Å². The lowest BCUT2D eigenvalue weighted by atomic mass is 9.42. The average molecular weight is 601 g/mol. The van der Waals surface area contributed by atoms with Crippen LogP contribution in [-0.4, -0.2) is 23.1 Å². The van der Waals surface area contributed by atoms with E-state index in [2.05, 4.69) is 75.3 Å². The van der Waals surface area contributed by atoms with Crippen LogP contribution in [0.3, 0.4) is 0 Å². The van der Waals surface area contributed by atoms with Crippen molar-refractivity contribution in [3.05, 3.63) is 56.2 Å². The Kier molecular flexibility index (Phi) is 8.58. The summed E-state index contributed by atoms with van der Waals surface area (Å²) in [5.74, 6) is 0.279. The van der Waals surface area contributed by atoms with Crippen LogP contribution in [0.5, 0.6) is 0 Å². The lowest BCUT2D eigenvalue weighted by Crippen LogP contribution is -2.57. The van der Waals surface area contributed by atoms with E-state index in [0.29, 0.717) is 31.3 Å². The highest BCUT2D eigenvalue weighted by Crippen LogP contribution is 2.66. The van der Waals surface area contributed by atoms with Gasteiger partial charge in [-0.15, -0.1) is 0 Å². The van der Waals surface area contributed by atoms with Crippen molar-refractivity contribution in [3.8, 4) is 0 Å². The maximum absolute atomic E-state index is 14.9. The Bertz CT molecular complexity index is 1520. The Balaban J connectivity index is 1.94. The summed E-state index contributed by atoms with van der Waals surface area (Å²) in [5.41, 5.74) is 6.12. The van der Waals surface area contributed by atoms with Gasteiger partial charge in [-0.05, 0) is 105 Å². The zero-order chi connectivity index (χ0) is 33.5. The Labute approximate surface area is 266 Å². The van der Waals surface area contributed by atoms with Gasteiger partial charge in [0.05, 0.1) is 11.0 Å². The molecule has 240 valence electrons. The standard InChI is InChI=1S/C40H56O4/c1-21(2)28-15-27(16-29(22(3)4)31(42)19-37(9,10)11)24(6)33-30(28)18-38(12)20-39(13)17-23(5)32(26(8)41)36(44)40(39,14)25(7)34(38)35(33)43/h15,21-22,29H,16-20H2,1-14H3. The number of hydrogen-bond donors (Lipinski definition) is 0. The molecule has 0 fully saturated rings. The summed E-state index contributed by atoms with van der Waals surface area (Å²) < 4.78 is 0. The second-order valence-electron chi connectivity index (χ2n) is 17.2. The molecule has 0 saturated heterocycles. The van der Waals surface area contributed by atoms with Crippen LogP contribution in [0.4, 0.5) is 0 Å². The fourth-order valence-corrected chi connectivity index (χ4v) is 9.40. The van der Waals surface area contributed by atoms with E-state index in [1.165, 1.54) is 12.5 Å². The number of benzene rings is 1. The number of hydrogen-bond acceptors (Lipinski definition) is 4. The van der Waals surface area contributed by atoms with E-state index in [9.17, 15) is 19.2 Å². The molecule has 1 aromatic rings. The monoisotopic (exact) mass is 600 g/mol. The van der Waals surface area contributed by atoms with E-state index in [4.69, 9.17) is 0 Å². The summed E-state index contributed by atoms with van der Waals surface area (Å²) in [7, 11) is 0. The number of allylic oxidation sites excluding steroid dienone is 4. The zero-order valence-corrected chi connectivity index (χ0v) is 30.0. The predicted molar refractivity (Wildman–Crippen MR) is 179 cm³/mol. The number of ketones is 4. The zero-order valence-electron chi connectivity index (χ0n) is 30.0. The third-order valence-corrected chi connectivity index (χ3v) is 11.7. The van der Waals surface area contributed by atoms with Crippen LogP contribution < -0.4 is 0 Å². The van der Waals surface area contributed by atoms with Crippen molar-refractivity contribution in [3.63, 3.8) is 0 Å². The first-order valence-corrected chi connectivity index (χ1v) is 16.7. The van der Waals surface area contributed by atoms with Gasteiger partial charge in [0, 0.05) is 28.9 Å². The largest absolute Gasteiger partial charge is 0.299 e. The minimum absolute atomic E-state index is 0.0290. The first kappa shape index (κ1) is 34.3. The molecule has 1 aromatic carbocycles. The topological polar surface area (TPSA) is 68.3 Å². The number of carbonyl (C=O) groups excluding carboxylic acids is 4. The first-order valence-electron chi connectivity index (χ1n) is 16.7. The van der Waals surface area contributed by atoms with Gasteiger partial charge in [-0.25, -0.2) is 0 Å². The normalized spacial score (nSPS) is 27.9. The lowest BCUT2D eigenvalue weighted by Gasteiger charge is -2.59. The average Bonchev–Trinajstić information content (AvgIpc) is 2.83. The summed E-state index contributed by atoms with van der Waals surface area (Å²) >= 11 is 0. The molecular weight excluding hydrogens is 544 g/mol. The van der Waals surface area contributed by atoms with Gasteiger partial charge in [0.25, 0.3) is 0 Å². The minimum atomic E-state index is -0.927. The molecular formula is C40H56O4. The molecule has 44 heavy (non-hydrogen) atoms. The second kappa shape index (κ2) is 11.0. The van der Waals surface area contributed by atoms with Crippen molar-refractivity contribution in [2.75, 3.05) is 0 Å². The van der Waals surface area contributed by atoms with Gasteiger partial charge in [-0.1, -0.05) is 79.5 Å². The summed E-state index contributed by atoms with van der Waals surface area (Å²) in [6.07, 6.45) is 3.27. The summed E-state index contributed by atoms with van der Waals surface area (Å²) in [4.78, 5) is 55.4. The van der Waals surface area contributed by atoms with Gasteiger partial charge in [0.2, 0.25) is 0 Å². The molecule has 0 radical (unpaired) electrons. The van der Waals surface area contributed by atoms with Gasteiger partial charge in [-0.2, -0.15) is 0 Å². The minimum Gasteiger partial charge on any atom is -0.299 e. The van der Waals surface area contributed by atoms with Crippen molar-refractivity contribution in [1.29, 1.82) is 0 Å². The van der Waals surface area contributed by atoms with Crippen LogP contribution in [0, 0.1) is 40.4 Å². The van der Waals surface area contributed by atoms with Gasteiger partial charge < -0.3 is 0 Å². The first-order chi connectivity index (χ1) is 20.0. The van der Waals surface area contributed by atoms with Gasteiger partial charge >= 0.3 is 0 Å². The van der Waals surface area contributed by atoms with Crippen LogP contribution >= 0.6 is 0 Å². The number of carbonyl (C=O) groups is 4. The molecule has 4 heteroatoms. The highest BCUT2D eigenvalue weighted by Gasteiger charge is 2.63. The SMILES string of the molecule is CC(=O)C1=C(C)CC2(C)CC3(C)Cc4c(C(C)C)cc(CC(C(=O)CC(C)(C)C)C(C)C)c(C)c4C(=O)C3=C(C)C2(C)C1=O. The third-order valence-electron chi connectivity index (χ3n) is 11.7. The maximum Gasteiger partial charge on any atom is 0.190 e. The number of rotatable bonds is 7. The molecule has 3 aliphatic rings. The fraction of sp³-hybridized carbons (Fsp3) is 0.650. The van der Waals surface area contributed by atoms with Crippen molar-refractivity contribution in [2.45, 2.75) is 135 Å². The highest BCUT2D eigenvalue weighted by molar-refractivity contribution is 6.24. The van der Waals surface area contributed by atoms with Crippen molar-refractivity contribution < 1.29 is 19.2 Å². The van der Waals surface area contributed by atoms with Crippen LogP contribution in [0.2, 0.25) is 0 Å². The van der Waals surface area contributed by atoms with Gasteiger partial charge in [-0.3, -0.25) is 19.2 Å². The molecule has 0 spiro atoms. The van der Waals surface area contributed by atoms with E-state index in [1.807, 2.05) is 20.8 Å². The molecule has 3 aliphatic carbocycles. The molecule has 4 unspecified atom stereocenters. The van der Waals surface area contributed by atoms with Crippen molar-refractivity contribution >= 4 is 23.1 Å². The molecule has 4 rings (SSSR count). The molecule has 0 bridgehead atoms.